The largest absolute Gasteiger partial charge is 0.493 e. The van der Waals surface area contributed by atoms with Gasteiger partial charge in [0.2, 0.25) is 0 Å². The molecule has 0 saturated carbocycles. The summed E-state index contributed by atoms with van der Waals surface area (Å²) < 4.78 is 7.65. The first-order valence-corrected chi connectivity index (χ1v) is 7.01. The fraction of sp³-hybridized carbons (Fsp3) is 0.786. The molecular weight excluding hydrogens is 226 g/mol. The zero-order valence-corrected chi connectivity index (χ0v) is 12.0. The first kappa shape index (κ1) is 13.4. The summed E-state index contributed by atoms with van der Waals surface area (Å²) in [6.45, 7) is 7.67. The molecule has 18 heavy (non-hydrogen) atoms. The molecule has 1 atom stereocenters. The van der Waals surface area contributed by atoms with E-state index in [1.165, 1.54) is 25.0 Å². The molecule has 1 aliphatic rings. The van der Waals surface area contributed by atoms with Gasteiger partial charge in [0.05, 0.1) is 18.8 Å². The summed E-state index contributed by atoms with van der Waals surface area (Å²) >= 11 is 0. The molecule has 4 heteroatoms. The summed E-state index contributed by atoms with van der Waals surface area (Å²) in [6.07, 6.45) is 6.57. The van der Waals surface area contributed by atoms with Crippen LogP contribution in [0.5, 0.6) is 5.75 Å². The van der Waals surface area contributed by atoms with E-state index in [1.807, 2.05) is 6.20 Å². The number of nitrogens with one attached hydrogen (secondary N) is 1. The average molecular weight is 251 g/mol. The third-order valence-electron chi connectivity index (χ3n) is 3.84. The Kier molecular flexibility index (Phi) is 3.95. The van der Waals surface area contributed by atoms with Gasteiger partial charge < -0.3 is 10.1 Å². The summed E-state index contributed by atoms with van der Waals surface area (Å²) in [4.78, 5) is 0. The molecule has 0 radical (unpaired) electrons. The molecule has 102 valence electrons. The number of rotatable bonds is 5. The zero-order chi connectivity index (χ0) is 13.2. The number of hydrogen-bond donors (Lipinski definition) is 1. The van der Waals surface area contributed by atoms with E-state index in [9.17, 15) is 0 Å². The first-order chi connectivity index (χ1) is 8.64. The van der Waals surface area contributed by atoms with Crippen LogP contribution in [0.1, 0.15) is 58.2 Å². The van der Waals surface area contributed by atoms with E-state index in [4.69, 9.17) is 4.74 Å². The number of ether oxygens (including phenoxy) is 1. The third kappa shape index (κ3) is 2.14. The van der Waals surface area contributed by atoms with E-state index in [0.717, 1.165) is 18.7 Å². The molecule has 1 aliphatic heterocycles. The maximum atomic E-state index is 5.54. The van der Waals surface area contributed by atoms with Gasteiger partial charge in [-0.05, 0) is 39.7 Å². The van der Waals surface area contributed by atoms with Gasteiger partial charge in [-0.1, -0.05) is 13.3 Å². The Bertz CT molecular complexity index is 392. The minimum absolute atomic E-state index is 0.0564. The summed E-state index contributed by atoms with van der Waals surface area (Å²) in [5.74, 6) is 0.923. The smallest absolute Gasteiger partial charge is 0.161 e. The molecule has 1 aromatic heterocycles. The number of nitrogens with zero attached hydrogens (tertiary/aromatic N) is 2. The molecule has 1 unspecified atom stereocenters. The highest BCUT2D eigenvalue weighted by molar-refractivity contribution is 5.33. The van der Waals surface area contributed by atoms with Crippen molar-refractivity contribution in [1.29, 1.82) is 0 Å². The van der Waals surface area contributed by atoms with E-state index < -0.39 is 0 Å². The van der Waals surface area contributed by atoms with Crippen LogP contribution in [0.2, 0.25) is 0 Å². The molecule has 1 fully saturated rings. The normalized spacial score (nSPS) is 23.8. The zero-order valence-electron chi connectivity index (χ0n) is 12.0. The minimum atomic E-state index is 0.0564. The molecule has 0 aromatic carbocycles. The molecule has 0 aliphatic carbocycles. The molecule has 2 rings (SSSR count). The lowest BCUT2D eigenvalue weighted by Crippen LogP contribution is -2.39. The highest BCUT2D eigenvalue weighted by Gasteiger charge is 2.40. The Morgan fingerprint density at radius 1 is 1.56 bits per heavy atom. The van der Waals surface area contributed by atoms with Crippen LogP contribution in [0, 0.1) is 0 Å². The molecular formula is C14H25N3O. The van der Waals surface area contributed by atoms with Gasteiger partial charge in [0.1, 0.15) is 5.69 Å². The topological polar surface area (TPSA) is 39.1 Å². The lowest BCUT2D eigenvalue weighted by molar-refractivity contribution is 0.297. The summed E-state index contributed by atoms with van der Waals surface area (Å²) in [7, 11) is 1.74. The average Bonchev–Trinajstić information content (AvgIpc) is 2.95. The maximum Gasteiger partial charge on any atom is 0.161 e. The van der Waals surface area contributed by atoms with Crippen molar-refractivity contribution in [2.24, 2.45) is 0 Å². The van der Waals surface area contributed by atoms with Crippen LogP contribution in [0.4, 0.5) is 0 Å². The number of aromatic nitrogens is 2. The highest BCUT2D eigenvalue weighted by Crippen LogP contribution is 2.40. The van der Waals surface area contributed by atoms with Gasteiger partial charge in [0.25, 0.3) is 0 Å². The second-order valence-corrected chi connectivity index (χ2v) is 5.46. The monoisotopic (exact) mass is 251 g/mol. The van der Waals surface area contributed by atoms with E-state index in [-0.39, 0.29) is 5.54 Å². The van der Waals surface area contributed by atoms with Gasteiger partial charge in [-0.15, -0.1) is 0 Å². The van der Waals surface area contributed by atoms with Crippen molar-refractivity contribution in [3.8, 4) is 5.75 Å². The second-order valence-electron chi connectivity index (χ2n) is 5.46. The Hall–Kier alpha value is -1.03. The fourth-order valence-electron chi connectivity index (χ4n) is 3.11. The summed E-state index contributed by atoms with van der Waals surface area (Å²) in [5.41, 5.74) is 1.29. The summed E-state index contributed by atoms with van der Waals surface area (Å²) in [5, 5.41) is 8.21. The maximum absolute atomic E-state index is 5.54. The van der Waals surface area contributed by atoms with E-state index in [2.05, 4.69) is 35.9 Å². The molecule has 1 N–H and O–H groups in total. The van der Waals surface area contributed by atoms with Crippen molar-refractivity contribution >= 4 is 0 Å². The number of methoxy groups -OCH3 is 1. The Morgan fingerprint density at radius 2 is 2.33 bits per heavy atom. The van der Waals surface area contributed by atoms with Crippen molar-refractivity contribution < 1.29 is 4.74 Å². The van der Waals surface area contributed by atoms with Crippen LogP contribution in [0.3, 0.4) is 0 Å². The fourth-order valence-corrected chi connectivity index (χ4v) is 3.11. The van der Waals surface area contributed by atoms with Crippen LogP contribution in [-0.4, -0.2) is 23.4 Å². The van der Waals surface area contributed by atoms with Gasteiger partial charge >= 0.3 is 0 Å². The lowest BCUT2D eigenvalue weighted by Gasteiger charge is -2.31. The van der Waals surface area contributed by atoms with Crippen molar-refractivity contribution in [3.05, 3.63) is 11.9 Å². The first-order valence-electron chi connectivity index (χ1n) is 7.01. The minimum Gasteiger partial charge on any atom is -0.493 e. The van der Waals surface area contributed by atoms with Gasteiger partial charge in [0.15, 0.2) is 5.75 Å². The quantitative estimate of drug-likeness (QED) is 0.874. The molecule has 0 spiro atoms. The molecule has 0 bridgehead atoms. The molecule has 1 aromatic rings. The van der Waals surface area contributed by atoms with Crippen LogP contribution in [-0.2, 0) is 5.54 Å². The predicted molar refractivity (Wildman–Crippen MR) is 73.0 cm³/mol. The van der Waals surface area contributed by atoms with E-state index in [0.29, 0.717) is 6.04 Å². The Morgan fingerprint density at radius 3 is 2.83 bits per heavy atom. The Balaban J connectivity index is 2.48. The molecule has 1 saturated heterocycles. The van der Waals surface area contributed by atoms with Gasteiger partial charge in [0, 0.05) is 6.04 Å². The van der Waals surface area contributed by atoms with Crippen molar-refractivity contribution in [3.63, 3.8) is 0 Å². The molecule has 0 amide bonds. The number of hydrogen-bond acceptors (Lipinski definition) is 3. The SMILES string of the molecule is CCCC1(c2c(OC)cnn2C(C)C)CCCN1. The summed E-state index contributed by atoms with van der Waals surface area (Å²) in [6, 6.07) is 0.361. The van der Waals surface area contributed by atoms with Crippen LogP contribution in [0.25, 0.3) is 0 Å². The second kappa shape index (κ2) is 5.31. The van der Waals surface area contributed by atoms with Crippen LogP contribution >= 0.6 is 0 Å². The van der Waals surface area contributed by atoms with Gasteiger partial charge in [-0.2, -0.15) is 5.10 Å². The molecule has 2 heterocycles. The van der Waals surface area contributed by atoms with E-state index in [1.54, 1.807) is 7.11 Å². The van der Waals surface area contributed by atoms with Gasteiger partial charge in [-0.25, -0.2) is 0 Å². The van der Waals surface area contributed by atoms with Gasteiger partial charge in [-0.3, -0.25) is 4.68 Å². The highest BCUT2D eigenvalue weighted by atomic mass is 16.5. The van der Waals surface area contributed by atoms with Crippen molar-refractivity contribution in [1.82, 2.24) is 15.1 Å². The standard InChI is InChI=1S/C14H25N3O/c1-5-7-14(8-6-9-15-14)13-12(18-4)10-16-17(13)11(2)3/h10-11,15H,5-9H2,1-4H3. The third-order valence-corrected chi connectivity index (χ3v) is 3.84. The molecule has 4 nitrogen and oxygen atoms in total. The lowest BCUT2D eigenvalue weighted by atomic mass is 9.87. The van der Waals surface area contributed by atoms with Crippen LogP contribution in [0.15, 0.2) is 6.20 Å². The predicted octanol–water partition coefficient (Wildman–Crippen LogP) is 2.85. The van der Waals surface area contributed by atoms with E-state index >= 15 is 0 Å². The van der Waals surface area contributed by atoms with Crippen molar-refractivity contribution in [2.75, 3.05) is 13.7 Å². The Labute approximate surface area is 110 Å². The van der Waals surface area contributed by atoms with Crippen LogP contribution < -0.4 is 10.1 Å². The van der Waals surface area contributed by atoms with Crippen molar-refractivity contribution in [2.45, 2.75) is 58.0 Å².